The molecular formula is C25H33NO2. The van der Waals surface area contributed by atoms with Gasteiger partial charge < -0.3 is 10.1 Å². The number of nitrogens with one attached hydrogen (secondary N) is 1. The van der Waals surface area contributed by atoms with E-state index < -0.39 is 0 Å². The first-order valence-electron chi connectivity index (χ1n) is 10.9. The number of amides is 1. The Labute approximate surface area is 169 Å². The van der Waals surface area contributed by atoms with Crippen LogP contribution in [0, 0.1) is 0 Å². The number of fused-ring (bicyclic) bond motifs is 3. The van der Waals surface area contributed by atoms with Gasteiger partial charge in [-0.25, -0.2) is 4.79 Å². The molecule has 3 nitrogen and oxygen atoms in total. The van der Waals surface area contributed by atoms with E-state index in [9.17, 15) is 4.79 Å². The molecule has 1 atom stereocenters. The molecule has 2 aromatic carbocycles. The molecule has 0 unspecified atom stereocenters. The normalized spacial score (nSPS) is 13.6. The van der Waals surface area contributed by atoms with Crippen LogP contribution in [-0.4, -0.2) is 18.7 Å². The minimum atomic E-state index is -0.278. The van der Waals surface area contributed by atoms with Crippen molar-refractivity contribution in [3.8, 4) is 11.1 Å². The fourth-order valence-electron chi connectivity index (χ4n) is 4.19. The summed E-state index contributed by atoms with van der Waals surface area (Å²) in [5.74, 6) is 0.118. The predicted octanol–water partition coefficient (Wildman–Crippen LogP) is 6.66. The first-order valence-corrected chi connectivity index (χ1v) is 10.9. The molecule has 3 rings (SSSR count). The lowest BCUT2D eigenvalue weighted by Gasteiger charge is -2.20. The summed E-state index contributed by atoms with van der Waals surface area (Å²) in [6, 6.07) is 17.1. The van der Waals surface area contributed by atoms with Gasteiger partial charge in [-0.15, -0.1) is 0 Å². The molecule has 0 spiro atoms. The molecule has 28 heavy (non-hydrogen) atoms. The van der Waals surface area contributed by atoms with E-state index in [-0.39, 0.29) is 18.1 Å². The van der Waals surface area contributed by atoms with Crippen molar-refractivity contribution in [2.45, 2.75) is 70.8 Å². The van der Waals surface area contributed by atoms with Crippen LogP contribution in [0.5, 0.6) is 0 Å². The quantitative estimate of drug-likeness (QED) is 0.468. The fourth-order valence-corrected chi connectivity index (χ4v) is 4.19. The van der Waals surface area contributed by atoms with Crippen LogP contribution in [0.1, 0.15) is 75.8 Å². The lowest BCUT2D eigenvalue weighted by atomic mass is 9.98. The van der Waals surface area contributed by atoms with Gasteiger partial charge in [-0.05, 0) is 35.1 Å². The Balaban J connectivity index is 1.60. The Morgan fingerprint density at radius 2 is 1.46 bits per heavy atom. The summed E-state index contributed by atoms with van der Waals surface area (Å²) in [6.45, 7) is 4.78. The summed E-state index contributed by atoms with van der Waals surface area (Å²) in [7, 11) is 0. The van der Waals surface area contributed by atoms with Crippen LogP contribution >= 0.6 is 0 Å². The van der Waals surface area contributed by atoms with Gasteiger partial charge in [0.05, 0.1) is 0 Å². The van der Waals surface area contributed by atoms with Gasteiger partial charge in [0.1, 0.15) is 6.61 Å². The molecule has 0 aliphatic heterocycles. The van der Waals surface area contributed by atoms with E-state index in [2.05, 4.69) is 67.7 Å². The molecule has 0 fully saturated rings. The Bertz CT molecular complexity index is 725. The first-order chi connectivity index (χ1) is 13.7. The average Bonchev–Trinajstić information content (AvgIpc) is 3.04. The summed E-state index contributed by atoms with van der Waals surface area (Å²) in [5.41, 5.74) is 5.02. The third-order valence-electron chi connectivity index (χ3n) is 5.73. The van der Waals surface area contributed by atoms with E-state index in [0.717, 1.165) is 32.1 Å². The molecule has 1 N–H and O–H groups in total. The molecular weight excluding hydrogens is 346 g/mol. The maximum atomic E-state index is 12.5. The fraction of sp³-hybridized carbons (Fsp3) is 0.480. The predicted molar refractivity (Wildman–Crippen MR) is 116 cm³/mol. The van der Waals surface area contributed by atoms with Gasteiger partial charge in [0.15, 0.2) is 0 Å². The highest BCUT2D eigenvalue weighted by Crippen LogP contribution is 2.44. The molecule has 0 aromatic heterocycles. The highest BCUT2D eigenvalue weighted by molar-refractivity contribution is 5.79. The second kappa shape index (κ2) is 10.3. The minimum absolute atomic E-state index is 0.118. The number of alkyl carbamates (subject to hydrolysis) is 1. The Morgan fingerprint density at radius 1 is 0.893 bits per heavy atom. The minimum Gasteiger partial charge on any atom is -0.449 e. The van der Waals surface area contributed by atoms with E-state index in [1.807, 2.05) is 0 Å². The molecule has 150 valence electrons. The van der Waals surface area contributed by atoms with Crippen LogP contribution < -0.4 is 5.32 Å². The van der Waals surface area contributed by atoms with Crippen LogP contribution in [0.2, 0.25) is 0 Å². The van der Waals surface area contributed by atoms with E-state index in [4.69, 9.17) is 4.74 Å². The summed E-state index contributed by atoms with van der Waals surface area (Å²) in [6.07, 6.45) is 7.66. The zero-order valence-electron chi connectivity index (χ0n) is 17.2. The number of rotatable bonds is 10. The zero-order chi connectivity index (χ0) is 19.8. The number of benzene rings is 2. The van der Waals surface area contributed by atoms with E-state index in [1.165, 1.54) is 35.1 Å². The van der Waals surface area contributed by atoms with Crippen molar-refractivity contribution in [3.05, 3.63) is 59.7 Å². The van der Waals surface area contributed by atoms with Gasteiger partial charge in [-0.1, -0.05) is 94.5 Å². The average molecular weight is 380 g/mol. The monoisotopic (exact) mass is 379 g/mol. The number of carbonyl (C=O) groups excluding carboxylic acids is 1. The summed E-state index contributed by atoms with van der Waals surface area (Å²) in [5, 5.41) is 3.12. The summed E-state index contributed by atoms with van der Waals surface area (Å²) >= 11 is 0. The van der Waals surface area contributed by atoms with Crippen molar-refractivity contribution >= 4 is 6.09 Å². The lowest BCUT2D eigenvalue weighted by Crippen LogP contribution is -2.36. The third kappa shape index (κ3) is 4.95. The molecule has 1 amide bonds. The van der Waals surface area contributed by atoms with Gasteiger partial charge in [-0.3, -0.25) is 0 Å². The van der Waals surface area contributed by atoms with Gasteiger partial charge in [0.25, 0.3) is 0 Å². The summed E-state index contributed by atoms with van der Waals surface area (Å²) < 4.78 is 5.71. The second-order valence-electron chi connectivity index (χ2n) is 7.80. The zero-order valence-corrected chi connectivity index (χ0v) is 17.2. The molecule has 0 saturated heterocycles. The van der Waals surface area contributed by atoms with Crippen LogP contribution in [-0.2, 0) is 4.74 Å². The van der Waals surface area contributed by atoms with Crippen molar-refractivity contribution in [1.29, 1.82) is 0 Å². The number of hydrogen-bond donors (Lipinski definition) is 1. The van der Waals surface area contributed by atoms with Gasteiger partial charge in [0, 0.05) is 12.0 Å². The van der Waals surface area contributed by atoms with Crippen LogP contribution in [0.4, 0.5) is 4.79 Å². The molecule has 0 heterocycles. The van der Waals surface area contributed by atoms with Gasteiger partial charge >= 0.3 is 6.09 Å². The van der Waals surface area contributed by atoms with Crippen molar-refractivity contribution in [2.75, 3.05) is 6.61 Å². The molecule has 0 bridgehead atoms. The number of unbranched alkanes of at least 4 members (excludes halogenated alkanes) is 3. The van der Waals surface area contributed by atoms with Crippen molar-refractivity contribution in [2.24, 2.45) is 0 Å². The highest BCUT2D eigenvalue weighted by Gasteiger charge is 2.29. The topological polar surface area (TPSA) is 38.3 Å². The van der Waals surface area contributed by atoms with Crippen molar-refractivity contribution in [1.82, 2.24) is 5.32 Å². The Hall–Kier alpha value is -2.29. The van der Waals surface area contributed by atoms with Crippen LogP contribution in [0.15, 0.2) is 48.5 Å². The lowest BCUT2D eigenvalue weighted by molar-refractivity contribution is 0.137. The van der Waals surface area contributed by atoms with Crippen LogP contribution in [0.3, 0.4) is 0 Å². The standard InChI is InChI=1S/C25H33NO2/c1-3-5-7-13-19(12-6-4-2)26-25(27)28-18-24-22-16-10-8-14-20(22)21-15-9-11-17-23(21)24/h8-11,14-17,19,24H,3-7,12-13,18H2,1-2H3,(H,26,27)/t19-/m0/s1. The Morgan fingerprint density at radius 3 is 2.07 bits per heavy atom. The first kappa shape index (κ1) is 20.4. The third-order valence-corrected chi connectivity index (χ3v) is 5.73. The largest absolute Gasteiger partial charge is 0.449 e. The molecule has 3 heteroatoms. The van der Waals surface area contributed by atoms with Crippen molar-refractivity contribution in [3.63, 3.8) is 0 Å². The molecule has 0 radical (unpaired) electrons. The van der Waals surface area contributed by atoms with Gasteiger partial charge in [0.2, 0.25) is 0 Å². The molecule has 2 aromatic rings. The smallest absolute Gasteiger partial charge is 0.407 e. The number of carbonyl (C=O) groups is 1. The Kier molecular flexibility index (Phi) is 7.53. The van der Waals surface area contributed by atoms with Crippen molar-refractivity contribution < 1.29 is 9.53 Å². The maximum Gasteiger partial charge on any atom is 0.407 e. The van der Waals surface area contributed by atoms with Gasteiger partial charge in [-0.2, -0.15) is 0 Å². The SMILES string of the molecule is CCCCC[C@H](CCCC)NC(=O)OCC1c2ccccc2-c2ccccc21. The maximum absolute atomic E-state index is 12.5. The van der Waals surface area contributed by atoms with E-state index in [0.29, 0.717) is 6.61 Å². The van der Waals surface area contributed by atoms with E-state index in [1.54, 1.807) is 0 Å². The molecule has 1 aliphatic rings. The summed E-state index contributed by atoms with van der Waals surface area (Å²) in [4.78, 5) is 12.5. The van der Waals surface area contributed by atoms with Crippen LogP contribution in [0.25, 0.3) is 11.1 Å². The second-order valence-corrected chi connectivity index (χ2v) is 7.80. The molecule has 0 saturated carbocycles. The highest BCUT2D eigenvalue weighted by atomic mass is 16.5. The number of hydrogen-bond acceptors (Lipinski definition) is 2. The molecule has 1 aliphatic carbocycles. The number of ether oxygens (including phenoxy) is 1. The van der Waals surface area contributed by atoms with E-state index >= 15 is 0 Å².